The predicted octanol–water partition coefficient (Wildman–Crippen LogP) is 2.86. The van der Waals surface area contributed by atoms with Gasteiger partial charge in [0.25, 0.3) is 0 Å². The topological polar surface area (TPSA) is 37.8 Å². The zero-order valence-electron chi connectivity index (χ0n) is 9.06. The SMILES string of the molecule is CCc1c(NC)nc(Cl)nc1C(C)C. The number of anilines is 1. The fraction of sp³-hybridized carbons (Fsp3) is 0.600. The second-order valence-electron chi connectivity index (χ2n) is 3.46. The summed E-state index contributed by atoms with van der Waals surface area (Å²) in [7, 11) is 1.85. The lowest BCUT2D eigenvalue weighted by atomic mass is 10.0. The third kappa shape index (κ3) is 2.15. The van der Waals surface area contributed by atoms with Crippen LogP contribution in [-0.4, -0.2) is 17.0 Å². The van der Waals surface area contributed by atoms with Crippen LogP contribution in [0.2, 0.25) is 5.28 Å². The Hall–Kier alpha value is -0.830. The minimum Gasteiger partial charge on any atom is -0.373 e. The quantitative estimate of drug-likeness (QED) is 0.785. The molecular formula is C10H16ClN3. The minimum absolute atomic E-state index is 0.315. The Balaban J connectivity index is 3.31. The molecule has 0 aromatic carbocycles. The van der Waals surface area contributed by atoms with Crippen molar-refractivity contribution in [3.63, 3.8) is 0 Å². The molecule has 0 aliphatic carbocycles. The first-order chi connectivity index (χ1) is 6.60. The van der Waals surface area contributed by atoms with Gasteiger partial charge in [-0.1, -0.05) is 20.8 Å². The van der Waals surface area contributed by atoms with Gasteiger partial charge in [0.1, 0.15) is 5.82 Å². The van der Waals surface area contributed by atoms with Crippen LogP contribution in [0.15, 0.2) is 0 Å². The Labute approximate surface area is 89.9 Å². The Morgan fingerprint density at radius 3 is 2.43 bits per heavy atom. The summed E-state index contributed by atoms with van der Waals surface area (Å²) in [5.74, 6) is 1.22. The summed E-state index contributed by atoms with van der Waals surface area (Å²) in [4.78, 5) is 8.42. The van der Waals surface area contributed by atoms with Gasteiger partial charge in [-0.2, -0.15) is 0 Å². The van der Waals surface area contributed by atoms with Crippen molar-refractivity contribution in [1.29, 1.82) is 0 Å². The molecule has 1 aromatic rings. The molecule has 0 unspecified atom stereocenters. The van der Waals surface area contributed by atoms with Crippen LogP contribution in [0, 0.1) is 0 Å². The molecule has 0 aliphatic heterocycles. The highest BCUT2D eigenvalue weighted by atomic mass is 35.5. The summed E-state index contributed by atoms with van der Waals surface area (Å²) < 4.78 is 0. The van der Waals surface area contributed by atoms with Gasteiger partial charge < -0.3 is 5.32 Å². The molecule has 0 bridgehead atoms. The van der Waals surface area contributed by atoms with Crippen molar-refractivity contribution in [1.82, 2.24) is 9.97 Å². The largest absolute Gasteiger partial charge is 0.373 e. The lowest BCUT2D eigenvalue weighted by Gasteiger charge is -2.14. The van der Waals surface area contributed by atoms with Crippen LogP contribution in [0.25, 0.3) is 0 Å². The minimum atomic E-state index is 0.315. The van der Waals surface area contributed by atoms with Crippen molar-refractivity contribution in [3.05, 3.63) is 16.5 Å². The van der Waals surface area contributed by atoms with Crippen LogP contribution in [0.3, 0.4) is 0 Å². The molecule has 0 aliphatic rings. The standard InChI is InChI=1S/C10H16ClN3/c1-5-7-8(6(2)3)13-10(11)14-9(7)12-4/h6H,5H2,1-4H3,(H,12,13,14). The van der Waals surface area contributed by atoms with E-state index in [0.29, 0.717) is 11.2 Å². The van der Waals surface area contributed by atoms with Gasteiger partial charge in [0.05, 0.1) is 5.69 Å². The molecule has 0 atom stereocenters. The molecular weight excluding hydrogens is 198 g/mol. The van der Waals surface area contributed by atoms with Gasteiger partial charge in [-0.05, 0) is 23.9 Å². The fourth-order valence-electron chi connectivity index (χ4n) is 1.51. The number of aromatic nitrogens is 2. The number of rotatable bonds is 3. The third-order valence-corrected chi connectivity index (χ3v) is 2.32. The van der Waals surface area contributed by atoms with E-state index in [4.69, 9.17) is 11.6 Å². The second kappa shape index (κ2) is 4.60. The van der Waals surface area contributed by atoms with Gasteiger partial charge in [0.15, 0.2) is 0 Å². The van der Waals surface area contributed by atoms with Crippen molar-refractivity contribution in [2.45, 2.75) is 33.1 Å². The first-order valence-electron chi connectivity index (χ1n) is 4.84. The van der Waals surface area contributed by atoms with Gasteiger partial charge in [-0.3, -0.25) is 0 Å². The normalized spacial score (nSPS) is 10.7. The van der Waals surface area contributed by atoms with E-state index >= 15 is 0 Å². The van der Waals surface area contributed by atoms with Crippen molar-refractivity contribution >= 4 is 17.4 Å². The van der Waals surface area contributed by atoms with Crippen LogP contribution in [-0.2, 0) is 6.42 Å². The number of hydrogen-bond acceptors (Lipinski definition) is 3. The van der Waals surface area contributed by atoms with Crippen LogP contribution in [0.4, 0.5) is 5.82 Å². The molecule has 3 nitrogen and oxygen atoms in total. The molecule has 1 aromatic heterocycles. The molecule has 0 spiro atoms. The lowest BCUT2D eigenvalue weighted by Crippen LogP contribution is -2.07. The summed E-state index contributed by atoms with van der Waals surface area (Å²) >= 11 is 5.84. The highest BCUT2D eigenvalue weighted by Crippen LogP contribution is 2.24. The molecule has 0 saturated heterocycles. The maximum atomic E-state index is 5.84. The molecule has 78 valence electrons. The van der Waals surface area contributed by atoms with Crippen molar-refractivity contribution in [2.24, 2.45) is 0 Å². The van der Waals surface area contributed by atoms with Crippen molar-refractivity contribution in [3.8, 4) is 0 Å². The highest BCUT2D eigenvalue weighted by Gasteiger charge is 2.13. The fourth-order valence-corrected chi connectivity index (χ4v) is 1.68. The summed E-state index contributed by atoms with van der Waals surface area (Å²) in [6.07, 6.45) is 0.918. The third-order valence-electron chi connectivity index (χ3n) is 2.15. The number of hydrogen-bond donors (Lipinski definition) is 1. The van der Waals surface area contributed by atoms with Crippen LogP contribution >= 0.6 is 11.6 Å². The van der Waals surface area contributed by atoms with Crippen LogP contribution < -0.4 is 5.32 Å². The smallest absolute Gasteiger partial charge is 0.224 e. The molecule has 0 radical (unpaired) electrons. The summed E-state index contributed by atoms with van der Waals surface area (Å²) in [5, 5.41) is 3.36. The average Bonchev–Trinajstić information content (AvgIpc) is 2.16. The van der Waals surface area contributed by atoms with Crippen molar-refractivity contribution < 1.29 is 0 Å². The predicted molar refractivity (Wildman–Crippen MR) is 60.1 cm³/mol. The Bertz CT molecular complexity index is 323. The Kier molecular flexibility index (Phi) is 3.69. The number of nitrogens with one attached hydrogen (secondary N) is 1. The van der Waals surface area contributed by atoms with Gasteiger partial charge >= 0.3 is 0 Å². The number of halogens is 1. The second-order valence-corrected chi connectivity index (χ2v) is 3.80. The summed E-state index contributed by atoms with van der Waals surface area (Å²) in [6, 6.07) is 0. The molecule has 0 fully saturated rings. The van der Waals surface area contributed by atoms with E-state index in [0.717, 1.165) is 23.5 Å². The van der Waals surface area contributed by atoms with E-state index in [1.165, 1.54) is 0 Å². The van der Waals surface area contributed by atoms with E-state index < -0.39 is 0 Å². The first-order valence-corrected chi connectivity index (χ1v) is 5.22. The molecule has 0 saturated carbocycles. The van der Waals surface area contributed by atoms with E-state index in [1.807, 2.05) is 7.05 Å². The molecule has 1 rings (SSSR count). The summed E-state index contributed by atoms with van der Waals surface area (Å²) in [6.45, 7) is 6.31. The molecule has 14 heavy (non-hydrogen) atoms. The monoisotopic (exact) mass is 213 g/mol. The first kappa shape index (κ1) is 11.2. The van der Waals surface area contributed by atoms with Crippen molar-refractivity contribution in [2.75, 3.05) is 12.4 Å². The number of nitrogens with zero attached hydrogens (tertiary/aromatic N) is 2. The van der Waals surface area contributed by atoms with Gasteiger partial charge in [-0.15, -0.1) is 0 Å². The Morgan fingerprint density at radius 1 is 1.36 bits per heavy atom. The van der Waals surface area contributed by atoms with E-state index in [9.17, 15) is 0 Å². The molecule has 4 heteroatoms. The lowest BCUT2D eigenvalue weighted by molar-refractivity contribution is 0.790. The zero-order valence-corrected chi connectivity index (χ0v) is 9.81. The summed E-state index contributed by atoms with van der Waals surface area (Å²) in [5.41, 5.74) is 2.20. The van der Waals surface area contributed by atoms with E-state index in [-0.39, 0.29) is 0 Å². The van der Waals surface area contributed by atoms with E-state index in [2.05, 4.69) is 36.1 Å². The maximum Gasteiger partial charge on any atom is 0.224 e. The van der Waals surface area contributed by atoms with Crippen LogP contribution in [0.1, 0.15) is 37.9 Å². The maximum absolute atomic E-state index is 5.84. The highest BCUT2D eigenvalue weighted by molar-refractivity contribution is 6.28. The molecule has 1 heterocycles. The average molecular weight is 214 g/mol. The molecule has 0 amide bonds. The molecule has 1 N–H and O–H groups in total. The zero-order chi connectivity index (χ0) is 10.7. The van der Waals surface area contributed by atoms with E-state index in [1.54, 1.807) is 0 Å². The van der Waals surface area contributed by atoms with Gasteiger partial charge in [0.2, 0.25) is 5.28 Å². The van der Waals surface area contributed by atoms with Gasteiger partial charge in [0, 0.05) is 12.6 Å². The van der Waals surface area contributed by atoms with Crippen LogP contribution in [0.5, 0.6) is 0 Å². The Morgan fingerprint density at radius 2 is 2.00 bits per heavy atom. The van der Waals surface area contributed by atoms with Gasteiger partial charge in [-0.25, -0.2) is 9.97 Å².